The molecule has 1 amide bonds. The molecule has 9 heteroatoms. The van der Waals surface area contributed by atoms with Crippen molar-refractivity contribution in [3.05, 3.63) is 23.8 Å². The fraction of sp³-hybridized carbons (Fsp3) is 0.556. The van der Waals surface area contributed by atoms with Crippen molar-refractivity contribution in [2.45, 2.75) is 43.5 Å². The van der Waals surface area contributed by atoms with Gasteiger partial charge < -0.3 is 15.3 Å². The number of anilines is 1. The quantitative estimate of drug-likeness (QED) is 0.722. The number of amides is 1. The highest BCUT2D eigenvalue weighted by Crippen LogP contribution is 2.28. The van der Waals surface area contributed by atoms with E-state index in [9.17, 15) is 23.1 Å². The van der Waals surface area contributed by atoms with Gasteiger partial charge in [0.2, 0.25) is 10.0 Å². The number of carbonyl (C=O) groups is 2. The molecular weight excluding hydrogens is 370 g/mol. The number of carbonyl (C=O) groups excluding carboxylic acids is 1. The number of carboxylic acids is 1. The summed E-state index contributed by atoms with van der Waals surface area (Å²) in [7, 11) is -0.869. The van der Waals surface area contributed by atoms with Crippen molar-refractivity contribution in [3.8, 4) is 0 Å². The third-order valence-corrected chi connectivity index (χ3v) is 6.51. The minimum atomic E-state index is -3.71. The summed E-state index contributed by atoms with van der Waals surface area (Å²) in [6.07, 6.45) is 3.33. The molecule has 1 aromatic carbocycles. The Morgan fingerprint density at radius 1 is 1.22 bits per heavy atom. The summed E-state index contributed by atoms with van der Waals surface area (Å²) in [6, 6.07) is 3.44. The molecule has 1 aliphatic rings. The Bertz CT molecular complexity index is 801. The highest BCUT2D eigenvalue weighted by Gasteiger charge is 2.26. The Kier molecular flexibility index (Phi) is 6.83. The van der Waals surface area contributed by atoms with E-state index in [2.05, 4.69) is 5.32 Å². The summed E-state index contributed by atoms with van der Waals surface area (Å²) in [4.78, 5) is 26.1. The molecule has 0 spiro atoms. The van der Waals surface area contributed by atoms with Crippen LogP contribution in [0.25, 0.3) is 0 Å². The Morgan fingerprint density at radius 2 is 1.85 bits per heavy atom. The highest BCUT2D eigenvalue weighted by molar-refractivity contribution is 7.89. The number of nitrogens with one attached hydrogen (secondary N) is 1. The smallest absolute Gasteiger partial charge is 0.326 e. The maximum atomic E-state index is 12.8. The van der Waals surface area contributed by atoms with E-state index in [-0.39, 0.29) is 16.9 Å². The first kappa shape index (κ1) is 21.2. The second-order valence-electron chi connectivity index (χ2n) is 6.79. The molecule has 150 valence electrons. The van der Waals surface area contributed by atoms with Crippen molar-refractivity contribution in [3.63, 3.8) is 0 Å². The van der Waals surface area contributed by atoms with Crippen molar-refractivity contribution >= 4 is 27.6 Å². The molecule has 1 unspecified atom stereocenters. The first-order chi connectivity index (χ1) is 12.7. The van der Waals surface area contributed by atoms with Gasteiger partial charge >= 0.3 is 5.97 Å². The van der Waals surface area contributed by atoms with Gasteiger partial charge in [-0.05, 0) is 43.9 Å². The number of benzene rings is 1. The molecule has 27 heavy (non-hydrogen) atoms. The predicted octanol–water partition coefficient (Wildman–Crippen LogP) is 1.52. The molecule has 1 fully saturated rings. The van der Waals surface area contributed by atoms with Gasteiger partial charge in [-0.1, -0.05) is 6.92 Å². The van der Waals surface area contributed by atoms with Crippen LogP contribution in [0.3, 0.4) is 0 Å². The molecule has 1 saturated heterocycles. The fourth-order valence-electron chi connectivity index (χ4n) is 3.05. The van der Waals surface area contributed by atoms with Crippen LogP contribution in [0.2, 0.25) is 0 Å². The van der Waals surface area contributed by atoms with Crippen LogP contribution in [0, 0.1) is 0 Å². The van der Waals surface area contributed by atoms with Crippen molar-refractivity contribution in [1.29, 1.82) is 0 Å². The maximum Gasteiger partial charge on any atom is 0.326 e. The third kappa shape index (κ3) is 4.78. The van der Waals surface area contributed by atoms with E-state index in [4.69, 9.17) is 0 Å². The molecule has 2 N–H and O–H groups in total. The summed E-state index contributed by atoms with van der Waals surface area (Å²) in [5, 5.41) is 11.7. The van der Waals surface area contributed by atoms with E-state index in [1.165, 1.54) is 26.2 Å². The molecule has 0 aromatic heterocycles. The SMILES string of the molecule is CCC(NC(=O)c1cc(S(=O)(=O)N(C)C)ccc1N1CCCCC1)C(=O)O. The minimum Gasteiger partial charge on any atom is -0.480 e. The van der Waals surface area contributed by atoms with Gasteiger partial charge in [0.15, 0.2) is 0 Å². The maximum absolute atomic E-state index is 12.8. The standard InChI is InChI=1S/C18H27N3O5S/c1-4-15(18(23)24)19-17(22)14-12-13(27(25,26)20(2)3)8-9-16(14)21-10-6-5-7-11-21/h8-9,12,15H,4-7,10-11H2,1-3H3,(H,19,22)(H,23,24). The van der Waals surface area contributed by atoms with Gasteiger partial charge in [0.05, 0.1) is 10.5 Å². The minimum absolute atomic E-state index is 0.00165. The van der Waals surface area contributed by atoms with Crippen molar-refractivity contribution in [2.75, 3.05) is 32.1 Å². The fourth-order valence-corrected chi connectivity index (χ4v) is 3.98. The Labute approximate surface area is 160 Å². The largest absolute Gasteiger partial charge is 0.480 e. The summed E-state index contributed by atoms with van der Waals surface area (Å²) in [5.41, 5.74) is 0.810. The lowest BCUT2D eigenvalue weighted by Crippen LogP contribution is -2.41. The predicted molar refractivity (Wildman–Crippen MR) is 103 cm³/mol. The van der Waals surface area contributed by atoms with Crippen LogP contribution >= 0.6 is 0 Å². The third-order valence-electron chi connectivity index (χ3n) is 4.70. The number of carboxylic acid groups (broad SMARTS) is 1. The summed E-state index contributed by atoms with van der Waals surface area (Å²) in [5.74, 6) is -1.71. The molecule has 0 saturated carbocycles. The number of rotatable bonds is 7. The van der Waals surface area contributed by atoms with Crippen LogP contribution in [0.15, 0.2) is 23.1 Å². The van der Waals surface area contributed by atoms with Crippen molar-refractivity contribution < 1.29 is 23.1 Å². The first-order valence-corrected chi connectivity index (χ1v) is 10.5. The van der Waals surface area contributed by atoms with Crippen LogP contribution < -0.4 is 10.2 Å². The van der Waals surface area contributed by atoms with Crippen LogP contribution in [0.5, 0.6) is 0 Å². The average molecular weight is 397 g/mol. The molecule has 8 nitrogen and oxygen atoms in total. The lowest BCUT2D eigenvalue weighted by Gasteiger charge is -2.31. The first-order valence-electron chi connectivity index (χ1n) is 9.03. The van der Waals surface area contributed by atoms with E-state index in [1.54, 1.807) is 13.0 Å². The second kappa shape index (κ2) is 8.71. The summed E-state index contributed by atoms with van der Waals surface area (Å²) < 4.78 is 26.0. The zero-order valence-electron chi connectivity index (χ0n) is 15.9. The van der Waals surface area contributed by atoms with Crippen molar-refractivity contribution in [2.24, 2.45) is 0 Å². The van der Waals surface area contributed by atoms with E-state index in [0.29, 0.717) is 5.69 Å². The molecule has 1 atom stereocenters. The lowest BCUT2D eigenvalue weighted by molar-refractivity contribution is -0.139. The molecule has 2 rings (SSSR count). The van der Waals surface area contributed by atoms with Crippen LogP contribution in [-0.4, -0.2) is 62.9 Å². The number of nitrogens with zero attached hydrogens (tertiary/aromatic N) is 2. The molecule has 1 heterocycles. The lowest BCUT2D eigenvalue weighted by atomic mass is 10.1. The zero-order valence-corrected chi connectivity index (χ0v) is 16.8. The average Bonchev–Trinajstić information content (AvgIpc) is 2.65. The van der Waals surface area contributed by atoms with Gasteiger partial charge in [-0.25, -0.2) is 17.5 Å². The number of hydrogen-bond acceptors (Lipinski definition) is 5. The number of hydrogen-bond donors (Lipinski definition) is 2. The highest BCUT2D eigenvalue weighted by atomic mass is 32.2. The van der Waals surface area contributed by atoms with Crippen molar-refractivity contribution in [1.82, 2.24) is 9.62 Å². The van der Waals surface area contributed by atoms with E-state index >= 15 is 0 Å². The Hall–Kier alpha value is -2.13. The normalized spacial score (nSPS) is 16.2. The van der Waals surface area contributed by atoms with Gasteiger partial charge in [0.25, 0.3) is 5.91 Å². The molecular formula is C18H27N3O5S. The van der Waals surface area contributed by atoms with E-state index in [0.717, 1.165) is 36.7 Å². The number of sulfonamides is 1. The number of aliphatic carboxylic acids is 1. The monoisotopic (exact) mass is 397 g/mol. The Morgan fingerprint density at radius 3 is 2.37 bits per heavy atom. The topological polar surface area (TPSA) is 107 Å². The molecule has 1 aliphatic heterocycles. The number of piperidine rings is 1. The van der Waals surface area contributed by atoms with Crippen LogP contribution in [-0.2, 0) is 14.8 Å². The van der Waals surface area contributed by atoms with Gasteiger partial charge in [0, 0.05) is 32.9 Å². The molecule has 0 bridgehead atoms. The van der Waals surface area contributed by atoms with E-state index in [1.807, 2.05) is 4.90 Å². The van der Waals surface area contributed by atoms with E-state index < -0.39 is 27.9 Å². The molecule has 0 radical (unpaired) electrons. The van der Waals surface area contributed by atoms with Gasteiger partial charge in [-0.15, -0.1) is 0 Å². The molecule has 0 aliphatic carbocycles. The van der Waals surface area contributed by atoms with Gasteiger partial charge in [-0.3, -0.25) is 4.79 Å². The van der Waals surface area contributed by atoms with Crippen LogP contribution in [0.1, 0.15) is 43.0 Å². The second-order valence-corrected chi connectivity index (χ2v) is 8.94. The molecule has 1 aromatic rings. The van der Waals surface area contributed by atoms with Crippen LogP contribution in [0.4, 0.5) is 5.69 Å². The summed E-state index contributed by atoms with van der Waals surface area (Å²) in [6.45, 7) is 3.21. The van der Waals surface area contributed by atoms with Gasteiger partial charge in [0.1, 0.15) is 6.04 Å². The zero-order chi connectivity index (χ0) is 20.2. The Balaban J connectivity index is 2.48. The van der Waals surface area contributed by atoms with Gasteiger partial charge in [-0.2, -0.15) is 0 Å². The summed E-state index contributed by atoms with van der Waals surface area (Å²) >= 11 is 0.